The average Bonchev–Trinajstić information content (AvgIpc) is 3.48. The summed E-state index contributed by atoms with van der Waals surface area (Å²) in [6.45, 7) is 8.71. The van der Waals surface area contributed by atoms with Gasteiger partial charge < -0.3 is 39.1 Å². The van der Waals surface area contributed by atoms with Gasteiger partial charge in [-0.15, -0.1) is 11.8 Å². The molecule has 1 atom stereocenters. The van der Waals surface area contributed by atoms with E-state index in [0.29, 0.717) is 105 Å². The number of esters is 1. The Kier molecular flexibility index (Phi) is 21.3. The van der Waals surface area contributed by atoms with Crippen LogP contribution in [-0.2, 0) is 48.2 Å². The minimum absolute atomic E-state index is 0.0155. The number of halogens is 5. The third kappa shape index (κ3) is 16.5. The number of hydrogen-bond acceptors (Lipinski definition) is 14. The first-order valence-electron chi connectivity index (χ1n) is 27.4. The van der Waals surface area contributed by atoms with Crippen LogP contribution in [0, 0.1) is 18.7 Å². The molecule has 0 spiro atoms. The average molecular weight is 1390 g/mol. The molecule has 2 aliphatic rings. The van der Waals surface area contributed by atoms with Crippen LogP contribution in [0.2, 0.25) is 0 Å². The summed E-state index contributed by atoms with van der Waals surface area (Å²) in [6.07, 6.45) is 1.95. The number of hydrogen-bond donors (Lipinski definition) is 4. The first kappa shape index (κ1) is 65.8. The molecule has 5 aromatic carbocycles. The lowest BCUT2D eigenvalue weighted by atomic mass is 9.96. The van der Waals surface area contributed by atoms with Crippen molar-refractivity contribution in [3.05, 3.63) is 132 Å². The molecule has 8 rings (SSSR count). The van der Waals surface area contributed by atoms with Crippen molar-refractivity contribution in [2.45, 2.75) is 88.1 Å². The number of benzene rings is 5. The van der Waals surface area contributed by atoms with Crippen LogP contribution >= 0.6 is 41.9 Å². The number of nitrogens with zero attached hydrogens (tertiary/aromatic N) is 4. The van der Waals surface area contributed by atoms with Crippen molar-refractivity contribution in [1.82, 2.24) is 9.47 Å². The largest absolute Gasteiger partial charge is 0.501 e. The second-order valence-electron chi connectivity index (χ2n) is 21.4. The van der Waals surface area contributed by atoms with E-state index in [9.17, 15) is 47.8 Å². The number of carbonyl (C=O) groups excluding carboxylic acids is 1. The molecular formula is C58H68F4IN6O11PS4. The second-order valence-corrected chi connectivity index (χ2v) is 30.6. The lowest BCUT2D eigenvalue weighted by Gasteiger charge is -2.37. The Morgan fingerprint density at radius 3 is 2.05 bits per heavy atom. The fourth-order valence-corrected chi connectivity index (χ4v) is 16.1. The molecule has 1 aromatic heterocycles. The number of thioether (sulfide) groups is 1. The van der Waals surface area contributed by atoms with Gasteiger partial charge in [0.2, 0.25) is 0 Å². The predicted molar refractivity (Wildman–Crippen MR) is 333 cm³/mol. The first-order chi connectivity index (χ1) is 40.0. The van der Waals surface area contributed by atoms with Gasteiger partial charge in [-0.05, 0) is 149 Å². The highest BCUT2D eigenvalue weighted by atomic mass is 127. The summed E-state index contributed by atoms with van der Waals surface area (Å²) in [6, 6.07) is 29.7. The van der Waals surface area contributed by atoms with E-state index in [4.69, 9.17) is 14.5 Å². The molecular weight excluding hydrogens is 1320 g/mol. The number of piperidine rings is 1. The Labute approximate surface area is 512 Å². The normalized spacial score (nSPS) is 15.5. The molecule has 85 heavy (non-hydrogen) atoms. The molecule has 2 fully saturated rings. The quantitative estimate of drug-likeness (QED) is 0.00841. The zero-order valence-corrected chi connectivity index (χ0v) is 53.5. The van der Waals surface area contributed by atoms with E-state index in [1.807, 2.05) is 88.9 Å². The predicted octanol–water partition coefficient (Wildman–Crippen LogP) is 11.4. The highest BCUT2D eigenvalue weighted by Crippen LogP contribution is 2.45. The molecule has 3 heterocycles. The number of anilines is 4. The Balaban J connectivity index is 0.954. The third-order valence-electron chi connectivity index (χ3n) is 14.9. The molecule has 0 radical (unpaired) electrons. The second kappa shape index (κ2) is 27.5. The number of ether oxygens (including phenoxy) is 1. The van der Waals surface area contributed by atoms with E-state index in [-0.39, 0.29) is 35.4 Å². The minimum Gasteiger partial charge on any atom is -0.465 e. The van der Waals surface area contributed by atoms with E-state index in [0.717, 1.165) is 38.8 Å². The Bertz CT molecular complexity index is 3730. The standard InChI is InChI=1S/C58H68F4IN6O11PS4/c1-39(2)69-40(3)56(83(4,74)75)54(55(69)42-13-11-41(37-63)12-14-42)44-33-45(59)35-49(34-44)68-29-27-67(28-30-68)48-17-15-46(16-18-48)65-85(78,79)51-19-20-52(53(36-51)84(76,77)58(60,61)62)64-47(38-82-50-9-6-5-7-10-50)23-26-66-24-21-43(22-25-66)57(70)80-31-8-32-81(71,72)73/h5-7,9-20,33-36,39,43,47,64-65H,8,21-32,37-38H2,1-4H3,(H2,71,72,73)/t47-/m1/s1. The van der Waals surface area contributed by atoms with Crippen molar-refractivity contribution in [1.29, 1.82) is 0 Å². The van der Waals surface area contributed by atoms with E-state index in [1.165, 1.54) is 36.0 Å². The smallest absolute Gasteiger partial charge is 0.465 e. The fourth-order valence-electron chi connectivity index (χ4n) is 10.7. The molecule has 0 unspecified atom stereocenters. The highest BCUT2D eigenvalue weighted by Gasteiger charge is 2.48. The van der Waals surface area contributed by atoms with Gasteiger partial charge in [0.15, 0.2) is 9.84 Å². The van der Waals surface area contributed by atoms with Crippen LogP contribution < -0.4 is 19.8 Å². The van der Waals surface area contributed by atoms with Crippen molar-refractivity contribution in [3.8, 4) is 22.4 Å². The number of alkyl halides is 4. The van der Waals surface area contributed by atoms with Crippen molar-refractivity contribution < 1.29 is 66.7 Å². The first-order valence-corrected chi connectivity index (χ1v) is 36.6. The van der Waals surface area contributed by atoms with E-state index in [2.05, 4.69) is 37.5 Å². The number of likely N-dealkylation sites (tertiary alicyclic amines) is 1. The van der Waals surface area contributed by atoms with Crippen LogP contribution in [0.5, 0.6) is 0 Å². The lowest BCUT2D eigenvalue weighted by Crippen LogP contribution is -2.46. The molecule has 0 amide bonds. The molecule has 2 saturated heterocycles. The summed E-state index contributed by atoms with van der Waals surface area (Å²) in [5.41, 5.74) is -0.978. The molecule has 0 bridgehead atoms. The number of sulfonamides is 1. The van der Waals surface area contributed by atoms with Crippen LogP contribution in [0.1, 0.15) is 56.8 Å². The summed E-state index contributed by atoms with van der Waals surface area (Å²) in [5.74, 6) is -1.17. The molecule has 0 saturated carbocycles. The number of rotatable bonds is 24. The summed E-state index contributed by atoms with van der Waals surface area (Å²) < 4.78 is 162. The summed E-state index contributed by atoms with van der Waals surface area (Å²) in [7, 11) is -18.9. The summed E-state index contributed by atoms with van der Waals surface area (Å²) in [4.78, 5) is 35.9. The Morgan fingerprint density at radius 2 is 1.46 bits per heavy atom. The van der Waals surface area contributed by atoms with Gasteiger partial charge in [0.1, 0.15) is 10.7 Å². The summed E-state index contributed by atoms with van der Waals surface area (Å²) in [5, 5.41) is 3.00. The maximum atomic E-state index is 15.9. The summed E-state index contributed by atoms with van der Waals surface area (Å²) >= 11 is 3.67. The van der Waals surface area contributed by atoms with Gasteiger partial charge in [-0.1, -0.05) is 65.1 Å². The molecule has 0 aliphatic carbocycles. The van der Waals surface area contributed by atoms with Gasteiger partial charge in [0.05, 0.1) is 39.9 Å². The Morgan fingerprint density at radius 1 is 0.824 bits per heavy atom. The number of sulfone groups is 2. The molecule has 4 N–H and O–H groups in total. The maximum absolute atomic E-state index is 15.9. The fraction of sp³-hybridized carbons (Fsp3) is 0.397. The highest BCUT2D eigenvalue weighted by molar-refractivity contribution is 14.1. The van der Waals surface area contributed by atoms with Gasteiger partial charge in [-0.2, -0.15) is 13.2 Å². The number of nitrogens with one attached hydrogen (secondary N) is 2. The van der Waals surface area contributed by atoms with Crippen LogP contribution in [0.4, 0.5) is 40.3 Å². The Hall–Kier alpha value is -5.19. The van der Waals surface area contributed by atoms with Crippen molar-refractivity contribution in [2.75, 3.05) is 90.4 Å². The van der Waals surface area contributed by atoms with Crippen molar-refractivity contribution in [2.24, 2.45) is 5.92 Å². The van der Waals surface area contributed by atoms with Gasteiger partial charge >= 0.3 is 19.1 Å². The van der Waals surface area contributed by atoms with Gasteiger partial charge in [0, 0.05) is 94.5 Å². The third-order valence-corrected chi connectivity index (χ3v) is 22.0. The monoisotopic (exact) mass is 1390 g/mol. The zero-order chi connectivity index (χ0) is 61.6. The number of carbonyl (C=O) groups is 1. The van der Waals surface area contributed by atoms with Crippen LogP contribution in [-0.4, -0.2) is 133 Å². The topological polar surface area (TPSA) is 225 Å². The van der Waals surface area contributed by atoms with Gasteiger partial charge in [-0.25, -0.2) is 29.6 Å². The zero-order valence-electron chi connectivity index (χ0n) is 47.1. The van der Waals surface area contributed by atoms with Crippen molar-refractivity contribution in [3.63, 3.8) is 0 Å². The van der Waals surface area contributed by atoms with Crippen LogP contribution in [0.25, 0.3) is 22.4 Å². The van der Waals surface area contributed by atoms with E-state index in [1.54, 1.807) is 19.1 Å². The lowest BCUT2D eigenvalue weighted by molar-refractivity contribution is -0.150. The number of aromatic nitrogens is 1. The van der Waals surface area contributed by atoms with Crippen molar-refractivity contribution >= 4 is 100 Å². The van der Waals surface area contributed by atoms with Crippen LogP contribution in [0.3, 0.4) is 0 Å². The molecule has 17 nitrogen and oxygen atoms in total. The maximum Gasteiger partial charge on any atom is 0.501 e. The number of piperazine rings is 1. The minimum atomic E-state index is -6.13. The SMILES string of the molecule is Cc1c(S(C)(=O)=O)c(-c2cc(F)cc(N3CCN(c4ccc(NS(=O)(=O)c5ccc(N[C@H](CCN6CCC(C(=O)OCCCP(=O)(O)O)CC6)CSc6ccccc6)c(S(=O)(=O)C(F)(F)F)c5)cc4)CC3)c2)c(-c2ccc(CI)cc2)n1C(C)C. The van der Waals surface area contributed by atoms with E-state index >= 15 is 4.39 Å². The molecule has 460 valence electrons. The van der Waals surface area contributed by atoms with E-state index < -0.39 is 88.2 Å². The molecule has 2 aliphatic heterocycles. The molecule has 27 heteroatoms. The molecule has 6 aromatic rings. The van der Waals surface area contributed by atoms with Gasteiger partial charge in [-0.3, -0.25) is 14.1 Å². The van der Waals surface area contributed by atoms with Gasteiger partial charge in [0.25, 0.3) is 19.9 Å². The van der Waals surface area contributed by atoms with Crippen LogP contribution in [0.15, 0.2) is 135 Å².